The number of nitrogens with one attached hydrogen (secondary N) is 1. The summed E-state index contributed by atoms with van der Waals surface area (Å²) >= 11 is 0. The molecule has 1 atom stereocenters. The largest absolute Gasteiger partial charge is 0.314 e. The third-order valence-electron chi connectivity index (χ3n) is 2.48. The van der Waals surface area contributed by atoms with E-state index in [1.54, 1.807) is 0 Å². The first-order valence-electron chi connectivity index (χ1n) is 4.76. The van der Waals surface area contributed by atoms with E-state index in [1.807, 2.05) is 0 Å². The van der Waals surface area contributed by atoms with Crippen molar-refractivity contribution in [2.24, 2.45) is 5.92 Å². The molecule has 0 unspecified atom stereocenters. The van der Waals surface area contributed by atoms with Gasteiger partial charge in [0.25, 0.3) is 0 Å². The molecule has 0 amide bonds. The van der Waals surface area contributed by atoms with Crippen LogP contribution >= 0.6 is 0 Å². The highest BCUT2D eigenvalue weighted by atomic mass is 15.2. The van der Waals surface area contributed by atoms with Crippen molar-refractivity contribution in [1.29, 1.82) is 0 Å². The molecule has 1 fully saturated rings. The first-order chi connectivity index (χ1) is 5.33. The molecule has 0 aromatic carbocycles. The Bertz CT molecular complexity index is 97.7. The predicted octanol–water partition coefficient (Wildman–Crippen LogP) is 0.938. The molecular formula is C9H20N2. The Kier molecular flexibility index (Phi) is 3.87. The van der Waals surface area contributed by atoms with E-state index in [4.69, 9.17) is 0 Å². The van der Waals surface area contributed by atoms with Gasteiger partial charge in [-0.15, -0.1) is 0 Å². The Morgan fingerprint density at radius 1 is 1.36 bits per heavy atom. The van der Waals surface area contributed by atoms with Crippen molar-refractivity contribution in [1.82, 2.24) is 10.2 Å². The minimum atomic E-state index is 0.869. The summed E-state index contributed by atoms with van der Waals surface area (Å²) in [5, 5.41) is 3.36. The van der Waals surface area contributed by atoms with Crippen LogP contribution in [0.25, 0.3) is 0 Å². The van der Waals surface area contributed by atoms with Gasteiger partial charge in [0.05, 0.1) is 0 Å². The van der Waals surface area contributed by atoms with E-state index in [1.165, 1.54) is 39.1 Å². The Morgan fingerprint density at radius 2 is 2.00 bits per heavy atom. The number of nitrogens with zero attached hydrogens (tertiary/aromatic N) is 1. The van der Waals surface area contributed by atoms with Crippen molar-refractivity contribution in [3.05, 3.63) is 0 Å². The molecule has 0 aliphatic carbocycles. The maximum Gasteiger partial charge on any atom is 0.0107 e. The van der Waals surface area contributed by atoms with E-state index in [9.17, 15) is 0 Å². The molecule has 1 heterocycles. The van der Waals surface area contributed by atoms with E-state index >= 15 is 0 Å². The van der Waals surface area contributed by atoms with Crippen LogP contribution in [0.15, 0.2) is 0 Å². The maximum absolute atomic E-state index is 3.36. The SMILES string of the molecule is CC[C@@H](C)CN1CCNCC1. The highest BCUT2D eigenvalue weighted by Gasteiger charge is 2.11. The molecule has 0 saturated carbocycles. The quantitative estimate of drug-likeness (QED) is 0.654. The zero-order valence-electron chi connectivity index (χ0n) is 7.77. The highest BCUT2D eigenvalue weighted by Crippen LogP contribution is 2.04. The molecule has 0 radical (unpaired) electrons. The minimum Gasteiger partial charge on any atom is -0.314 e. The smallest absolute Gasteiger partial charge is 0.0107 e. The summed E-state index contributed by atoms with van der Waals surface area (Å²) in [5.41, 5.74) is 0. The average Bonchev–Trinajstić information content (AvgIpc) is 2.06. The summed E-state index contributed by atoms with van der Waals surface area (Å²) < 4.78 is 0. The molecule has 0 spiro atoms. The molecule has 0 bridgehead atoms. The van der Waals surface area contributed by atoms with E-state index in [2.05, 4.69) is 24.1 Å². The third-order valence-corrected chi connectivity index (χ3v) is 2.48. The Morgan fingerprint density at radius 3 is 2.55 bits per heavy atom. The first-order valence-corrected chi connectivity index (χ1v) is 4.76. The molecule has 1 saturated heterocycles. The van der Waals surface area contributed by atoms with Gasteiger partial charge in [-0.2, -0.15) is 0 Å². The monoisotopic (exact) mass is 156 g/mol. The summed E-state index contributed by atoms with van der Waals surface area (Å²) in [6, 6.07) is 0. The average molecular weight is 156 g/mol. The van der Waals surface area contributed by atoms with Crippen molar-refractivity contribution < 1.29 is 0 Å². The fraction of sp³-hybridized carbons (Fsp3) is 1.00. The van der Waals surface area contributed by atoms with Gasteiger partial charge in [-0.05, 0) is 5.92 Å². The van der Waals surface area contributed by atoms with Crippen LogP contribution in [0.2, 0.25) is 0 Å². The van der Waals surface area contributed by atoms with Crippen molar-refractivity contribution in [2.45, 2.75) is 20.3 Å². The summed E-state index contributed by atoms with van der Waals surface area (Å²) in [6.45, 7) is 10.7. The predicted molar refractivity (Wildman–Crippen MR) is 48.8 cm³/mol. The van der Waals surface area contributed by atoms with Gasteiger partial charge in [0.2, 0.25) is 0 Å². The Labute approximate surface area is 70.0 Å². The third kappa shape index (κ3) is 3.21. The second-order valence-electron chi connectivity index (χ2n) is 3.56. The van der Waals surface area contributed by atoms with Gasteiger partial charge >= 0.3 is 0 Å². The van der Waals surface area contributed by atoms with E-state index in [0.29, 0.717) is 0 Å². The summed E-state index contributed by atoms with van der Waals surface area (Å²) in [7, 11) is 0. The van der Waals surface area contributed by atoms with Crippen LogP contribution in [0.3, 0.4) is 0 Å². The molecule has 2 nitrogen and oxygen atoms in total. The lowest BCUT2D eigenvalue weighted by Gasteiger charge is -2.29. The fourth-order valence-electron chi connectivity index (χ4n) is 1.46. The van der Waals surface area contributed by atoms with Crippen LogP contribution in [-0.4, -0.2) is 37.6 Å². The number of hydrogen-bond donors (Lipinski definition) is 1. The molecule has 1 aliphatic rings. The lowest BCUT2D eigenvalue weighted by atomic mass is 10.1. The van der Waals surface area contributed by atoms with Crippen molar-refractivity contribution in [3.63, 3.8) is 0 Å². The van der Waals surface area contributed by atoms with Crippen LogP contribution in [0, 0.1) is 5.92 Å². The Balaban J connectivity index is 2.13. The zero-order valence-corrected chi connectivity index (χ0v) is 7.77. The van der Waals surface area contributed by atoms with Gasteiger partial charge in [-0.25, -0.2) is 0 Å². The molecule has 1 N–H and O–H groups in total. The van der Waals surface area contributed by atoms with Crippen molar-refractivity contribution in [2.75, 3.05) is 32.7 Å². The lowest BCUT2D eigenvalue weighted by Crippen LogP contribution is -2.44. The van der Waals surface area contributed by atoms with Crippen LogP contribution in [0.4, 0.5) is 0 Å². The number of hydrogen-bond acceptors (Lipinski definition) is 2. The van der Waals surface area contributed by atoms with E-state index in [-0.39, 0.29) is 0 Å². The summed E-state index contributed by atoms with van der Waals surface area (Å²) in [5.74, 6) is 0.869. The standard InChI is InChI=1S/C9H20N2/c1-3-9(2)8-11-6-4-10-5-7-11/h9-10H,3-8H2,1-2H3/t9-/m1/s1. The summed E-state index contributed by atoms with van der Waals surface area (Å²) in [6.07, 6.45) is 1.31. The molecular weight excluding hydrogens is 136 g/mol. The molecule has 0 aromatic heterocycles. The second kappa shape index (κ2) is 4.73. The molecule has 11 heavy (non-hydrogen) atoms. The first kappa shape index (κ1) is 9.01. The minimum absolute atomic E-state index is 0.869. The van der Waals surface area contributed by atoms with Crippen LogP contribution in [-0.2, 0) is 0 Å². The molecule has 1 aliphatic heterocycles. The van der Waals surface area contributed by atoms with Gasteiger partial charge in [0, 0.05) is 32.7 Å². The normalized spacial score (nSPS) is 23.5. The Hall–Kier alpha value is -0.0800. The highest BCUT2D eigenvalue weighted by molar-refractivity contribution is 4.69. The van der Waals surface area contributed by atoms with Gasteiger partial charge < -0.3 is 10.2 Å². The lowest BCUT2D eigenvalue weighted by molar-refractivity contribution is 0.209. The number of piperazine rings is 1. The van der Waals surface area contributed by atoms with Crippen LogP contribution in [0.5, 0.6) is 0 Å². The summed E-state index contributed by atoms with van der Waals surface area (Å²) in [4.78, 5) is 2.56. The number of rotatable bonds is 3. The molecule has 2 heteroatoms. The van der Waals surface area contributed by atoms with Crippen LogP contribution in [0.1, 0.15) is 20.3 Å². The van der Waals surface area contributed by atoms with Gasteiger partial charge in [0.1, 0.15) is 0 Å². The molecule has 0 aromatic rings. The molecule has 66 valence electrons. The van der Waals surface area contributed by atoms with Crippen molar-refractivity contribution in [3.8, 4) is 0 Å². The van der Waals surface area contributed by atoms with E-state index in [0.717, 1.165) is 5.92 Å². The fourth-order valence-corrected chi connectivity index (χ4v) is 1.46. The van der Waals surface area contributed by atoms with Gasteiger partial charge in [-0.3, -0.25) is 0 Å². The van der Waals surface area contributed by atoms with Crippen molar-refractivity contribution >= 4 is 0 Å². The van der Waals surface area contributed by atoms with Gasteiger partial charge in [0.15, 0.2) is 0 Å². The zero-order chi connectivity index (χ0) is 8.10. The second-order valence-corrected chi connectivity index (χ2v) is 3.56. The molecule has 1 rings (SSSR count). The topological polar surface area (TPSA) is 15.3 Å². The van der Waals surface area contributed by atoms with Gasteiger partial charge in [-0.1, -0.05) is 20.3 Å². The van der Waals surface area contributed by atoms with Crippen LogP contribution < -0.4 is 5.32 Å². The van der Waals surface area contributed by atoms with E-state index < -0.39 is 0 Å². The maximum atomic E-state index is 3.36.